The van der Waals surface area contributed by atoms with E-state index in [4.69, 9.17) is 14.8 Å². The third-order valence-electron chi connectivity index (χ3n) is 1.62. The van der Waals surface area contributed by atoms with Crippen molar-refractivity contribution in [3.05, 3.63) is 12.0 Å². The van der Waals surface area contributed by atoms with E-state index in [2.05, 4.69) is 4.98 Å². The Morgan fingerprint density at radius 1 is 1.71 bits per heavy atom. The second-order valence-corrected chi connectivity index (χ2v) is 2.69. The van der Waals surface area contributed by atoms with Gasteiger partial charge in [-0.15, -0.1) is 0 Å². The molecule has 0 atom stereocenters. The minimum Gasteiger partial charge on any atom is -0.460 e. The van der Waals surface area contributed by atoms with E-state index in [1.165, 1.54) is 10.8 Å². The van der Waals surface area contributed by atoms with Crippen molar-refractivity contribution < 1.29 is 19.6 Å². The maximum atomic E-state index is 11.2. The molecule has 0 radical (unpaired) electrons. The number of ether oxygens (including phenoxy) is 1. The lowest BCUT2D eigenvalue weighted by atomic mass is 9.87. The molecule has 0 saturated carbocycles. The van der Waals surface area contributed by atoms with E-state index in [1.807, 2.05) is 0 Å². The van der Waals surface area contributed by atoms with Gasteiger partial charge in [-0.3, -0.25) is 0 Å². The lowest BCUT2D eigenvalue weighted by Gasteiger charge is -1.99. The maximum absolute atomic E-state index is 11.2. The molecular formula is C7H11BN2O4. The van der Waals surface area contributed by atoms with Gasteiger partial charge in [0.15, 0.2) is 0 Å². The second kappa shape index (κ2) is 4.25. The molecule has 0 amide bonds. The summed E-state index contributed by atoms with van der Waals surface area (Å²) in [7, 11) is -0.102. The topological polar surface area (TPSA) is 84.6 Å². The summed E-state index contributed by atoms with van der Waals surface area (Å²) < 4.78 is 6.10. The number of hydrogen-bond acceptors (Lipinski definition) is 5. The van der Waals surface area contributed by atoms with Crippen LogP contribution in [0, 0.1) is 0 Å². The lowest BCUT2D eigenvalue weighted by Crippen LogP contribution is -2.31. The minimum atomic E-state index is -1.68. The van der Waals surface area contributed by atoms with E-state index in [-0.39, 0.29) is 18.0 Å². The van der Waals surface area contributed by atoms with Crippen LogP contribution in [0.1, 0.15) is 17.5 Å². The van der Waals surface area contributed by atoms with E-state index in [9.17, 15) is 4.79 Å². The molecule has 0 aromatic carbocycles. The second-order valence-electron chi connectivity index (χ2n) is 2.69. The van der Waals surface area contributed by atoms with Gasteiger partial charge in [-0.2, -0.15) is 0 Å². The third kappa shape index (κ3) is 2.12. The van der Waals surface area contributed by atoms with Crippen LogP contribution in [-0.2, 0) is 11.8 Å². The zero-order valence-electron chi connectivity index (χ0n) is 7.97. The fourth-order valence-corrected chi connectivity index (χ4v) is 0.999. The van der Waals surface area contributed by atoms with Crippen molar-refractivity contribution in [1.82, 2.24) is 9.55 Å². The molecule has 1 rings (SSSR count). The summed E-state index contributed by atoms with van der Waals surface area (Å²) in [5.74, 6) is -0.531. The van der Waals surface area contributed by atoms with Crippen LogP contribution in [0.15, 0.2) is 6.20 Å². The van der Waals surface area contributed by atoms with Crippen LogP contribution in [0.5, 0.6) is 0 Å². The van der Waals surface area contributed by atoms with Crippen LogP contribution in [0.4, 0.5) is 0 Å². The molecule has 0 bridgehead atoms. The van der Waals surface area contributed by atoms with Gasteiger partial charge in [0.05, 0.1) is 12.2 Å². The zero-order chi connectivity index (χ0) is 10.7. The van der Waals surface area contributed by atoms with Crippen LogP contribution in [0.2, 0.25) is 0 Å². The molecule has 1 aromatic rings. The first-order valence-corrected chi connectivity index (χ1v) is 4.12. The quantitative estimate of drug-likeness (QED) is 0.445. The number of nitrogens with zero attached hydrogens (tertiary/aromatic N) is 2. The van der Waals surface area contributed by atoms with Gasteiger partial charge in [-0.25, -0.2) is 9.78 Å². The molecule has 0 unspecified atom stereocenters. The summed E-state index contributed by atoms with van der Waals surface area (Å²) in [6.45, 7) is 1.94. The predicted octanol–water partition coefficient (Wildman–Crippen LogP) is -1.72. The van der Waals surface area contributed by atoms with Crippen molar-refractivity contribution in [2.75, 3.05) is 6.61 Å². The summed E-state index contributed by atoms with van der Waals surface area (Å²) in [4.78, 5) is 14.9. The molecule has 7 heteroatoms. The first-order chi connectivity index (χ1) is 6.56. The summed E-state index contributed by atoms with van der Waals surface area (Å²) in [6, 6.07) is 0. The van der Waals surface area contributed by atoms with Crippen molar-refractivity contribution in [2.24, 2.45) is 7.05 Å². The van der Waals surface area contributed by atoms with Crippen LogP contribution >= 0.6 is 0 Å². The molecule has 0 aliphatic carbocycles. The molecule has 0 aliphatic heterocycles. The normalized spacial score (nSPS) is 10.0. The Morgan fingerprint density at radius 2 is 2.36 bits per heavy atom. The minimum absolute atomic E-state index is 0.0237. The van der Waals surface area contributed by atoms with Crippen LogP contribution in [-0.4, -0.2) is 39.3 Å². The Bertz CT molecular complexity index is 336. The Balaban J connectivity index is 2.92. The van der Waals surface area contributed by atoms with E-state index >= 15 is 0 Å². The fraction of sp³-hybridized carbons (Fsp3) is 0.429. The zero-order valence-corrected chi connectivity index (χ0v) is 7.97. The Morgan fingerprint density at radius 3 is 2.79 bits per heavy atom. The van der Waals surface area contributed by atoms with Gasteiger partial charge in [-0.05, 0) is 6.92 Å². The Labute approximate surface area is 81.3 Å². The average molecular weight is 198 g/mol. The SMILES string of the molecule is CCOC(=O)c1nc(B(O)O)cn1C. The van der Waals surface area contributed by atoms with Gasteiger partial charge >= 0.3 is 13.1 Å². The fourth-order valence-electron chi connectivity index (χ4n) is 0.999. The van der Waals surface area contributed by atoms with Crippen molar-refractivity contribution in [1.29, 1.82) is 0 Å². The van der Waals surface area contributed by atoms with Crippen molar-refractivity contribution >= 4 is 18.7 Å². The summed E-state index contributed by atoms with van der Waals surface area (Å²) in [5, 5.41) is 17.6. The molecule has 0 saturated heterocycles. The van der Waals surface area contributed by atoms with Gasteiger partial charge in [-0.1, -0.05) is 0 Å². The standard InChI is InChI=1S/C7H11BN2O4/c1-3-14-7(11)6-9-5(8(12)13)4-10(6)2/h4,12-13H,3H2,1-2H3. The highest BCUT2D eigenvalue weighted by atomic mass is 16.5. The molecule has 76 valence electrons. The van der Waals surface area contributed by atoms with Crippen LogP contribution < -0.4 is 5.59 Å². The molecule has 2 N–H and O–H groups in total. The van der Waals surface area contributed by atoms with Crippen molar-refractivity contribution in [3.63, 3.8) is 0 Å². The monoisotopic (exact) mass is 198 g/mol. The van der Waals surface area contributed by atoms with Crippen molar-refractivity contribution in [2.45, 2.75) is 6.92 Å². The van der Waals surface area contributed by atoms with Gasteiger partial charge in [0, 0.05) is 13.2 Å². The number of carbonyl (C=O) groups is 1. The molecule has 0 fully saturated rings. The predicted molar refractivity (Wildman–Crippen MR) is 49.0 cm³/mol. The summed E-state index contributed by atoms with van der Waals surface area (Å²) >= 11 is 0. The first-order valence-electron chi connectivity index (χ1n) is 4.12. The molecule has 14 heavy (non-hydrogen) atoms. The number of aromatic nitrogens is 2. The van der Waals surface area contributed by atoms with Crippen LogP contribution in [0.3, 0.4) is 0 Å². The van der Waals surface area contributed by atoms with E-state index in [1.54, 1.807) is 14.0 Å². The van der Waals surface area contributed by atoms with Gasteiger partial charge in [0.25, 0.3) is 0 Å². The molecule has 0 aliphatic rings. The van der Waals surface area contributed by atoms with Gasteiger partial charge in [0.2, 0.25) is 5.82 Å². The Hall–Kier alpha value is -1.34. The van der Waals surface area contributed by atoms with Crippen molar-refractivity contribution in [3.8, 4) is 0 Å². The molecule has 1 heterocycles. The number of imidazole rings is 1. The van der Waals surface area contributed by atoms with E-state index < -0.39 is 13.1 Å². The molecular weight excluding hydrogens is 187 g/mol. The summed E-state index contributed by atoms with van der Waals surface area (Å²) in [5.41, 5.74) is 0.0237. The first kappa shape index (κ1) is 10.7. The highest BCUT2D eigenvalue weighted by Gasteiger charge is 2.21. The number of aryl methyl sites for hydroxylation is 1. The number of carbonyl (C=O) groups excluding carboxylic acids is 1. The van der Waals surface area contributed by atoms with Gasteiger partial charge in [0.1, 0.15) is 0 Å². The lowest BCUT2D eigenvalue weighted by molar-refractivity contribution is 0.0508. The summed E-state index contributed by atoms with van der Waals surface area (Å²) in [6.07, 6.45) is 1.36. The maximum Gasteiger partial charge on any atom is 0.509 e. The number of esters is 1. The highest BCUT2D eigenvalue weighted by Crippen LogP contribution is 1.96. The van der Waals surface area contributed by atoms with E-state index in [0.29, 0.717) is 0 Å². The Kier molecular flexibility index (Phi) is 3.26. The molecule has 0 spiro atoms. The molecule has 1 aromatic heterocycles. The largest absolute Gasteiger partial charge is 0.509 e. The average Bonchev–Trinajstić information content (AvgIpc) is 2.48. The molecule has 6 nitrogen and oxygen atoms in total. The smallest absolute Gasteiger partial charge is 0.460 e. The van der Waals surface area contributed by atoms with Gasteiger partial charge < -0.3 is 19.4 Å². The number of rotatable bonds is 3. The number of hydrogen-bond donors (Lipinski definition) is 2. The van der Waals surface area contributed by atoms with Crippen LogP contribution in [0.25, 0.3) is 0 Å². The third-order valence-corrected chi connectivity index (χ3v) is 1.62. The highest BCUT2D eigenvalue weighted by molar-refractivity contribution is 6.57. The van der Waals surface area contributed by atoms with E-state index in [0.717, 1.165) is 0 Å².